The van der Waals surface area contributed by atoms with Crippen LogP contribution in [0, 0.1) is 5.92 Å². The largest absolute Gasteiger partial charge is 0.334 e. The molecule has 0 spiro atoms. The van der Waals surface area contributed by atoms with Crippen molar-refractivity contribution in [1.29, 1.82) is 0 Å². The predicted molar refractivity (Wildman–Crippen MR) is 85.2 cm³/mol. The lowest BCUT2D eigenvalue weighted by Crippen LogP contribution is -2.49. The molecule has 0 aromatic carbocycles. The lowest BCUT2D eigenvalue weighted by atomic mass is 9.92. The Labute approximate surface area is 135 Å². The van der Waals surface area contributed by atoms with Crippen molar-refractivity contribution in [3.05, 3.63) is 17.0 Å². The average molecular weight is 354 g/mol. The molecule has 1 fully saturated rings. The molecule has 0 radical (unpaired) electrons. The first-order valence-corrected chi connectivity index (χ1v) is 8.88. The number of nitrogens with two attached hydrogens (primary N) is 2. The topological polar surface area (TPSA) is 106 Å². The van der Waals surface area contributed by atoms with Gasteiger partial charge >= 0.3 is 0 Å². The molecule has 120 valence electrons. The van der Waals surface area contributed by atoms with Crippen molar-refractivity contribution in [3.63, 3.8) is 0 Å². The molecule has 0 aliphatic carbocycles. The van der Waals surface area contributed by atoms with E-state index in [0.717, 1.165) is 24.2 Å². The van der Waals surface area contributed by atoms with Crippen LogP contribution in [-0.2, 0) is 10.0 Å². The number of hydrogen-bond acceptors (Lipinski definition) is 5. The molecule has 2 unspecified atom stereocenters. The van der Waals surface area contributed by atoms with Crippen LogP contribution in [0.2, 0.25) is 0 Å². The molecule has 2 atom stereocenters. The van der Waals surface area contributed by atoms with Gasteiger partial charge in [0.25, 0.3) is 5.91 Å². The molecule has 21 heavy (non-hydrogen) atoms. The predicted octanol–water partition coefficient (Wildman–Crippen LogP) is 1.02. The second kappa shape index (κ2) is 7.06. The van der Waals surface area contributed by atoms with Crippen molar-refractivity contribution < 1.29 is 13.2 Å². The first-order chi connectivity index (χ1) is 9.32. The Kier molecular flexibility index (Phi) is 6.18. The summed E-state index contributed by atoms with van der Waals surface area (Å²) in [5.74, 6) is 0.383. The number of nitrogens with zero attached hydrogens (tertiary/aromatic N) is 1. The van der Waals surface area contributed by atoms with Crippen molar-refractivity contribution in [2.45, 2.75) is 30.0 Å². The highest BCUT2D eigenvalue weighted by atomic mass is 35.5. The Balaban J connectivity index is 0.00000220. The van der Waals surface area contributed by atoms with Crippen LogP contribution < -0.4 is 10.9 Å². The molecule has 1 amide bonds. The van der Waals surface area contributed by atoms with Gasteiger partial charge in [-0.3, -0.25) is 4.79 Å². The summed E-state index contributed by atoms with van der Waals surface area (Å²) in [6.45, 7) is 3.22. The summed E-state index contributed by atoms with van der Waals surface area (Å²) in [6, 6.07) is 1.36. The maximum absolute atomic E-state index is 12.5. The van der Waals surface area contributed by atoms with Gasteiger partial charge in [0.15, 0.2) is 0 Å². The van der Waals surface area contributed by atoms with E-state index in [0.29, 0.717) is 24.6 Å². The Hall–Kier alpha value is -0.670. The van der Waals surface area contributed by atoms with Gasteiger partial charge in [-0.05, 0) is 24.8 Å². The zero-order valence-electron chi connectivity index (χ0n) is 11.7. The highest BCUT2D eigenvalue weighted by Crippen LogP contribution is 2.26. The van der Waals surface area contributed by atoms with E-state index in [1.165, 1.54) is 11.4 Å². The van der Waals surface area contributed by atoms with Crippen LogP contribution in [-0.4, -0.2) is 38.4 Å². The molecule has 0 bridgehead atoms. The van der Waals surface area contributed by atoms with Gasteiger partial charge < -0.3 is 10.6 Å². The second-order valence-corrected chi connectivity index (χ2v) is 7.92. The van der Waals surface area contributed by atoms with E-state index in [9.17, 15) is 13.2 Å². The van der Waals surface area contributed by atoms with E-state index in [-0.39, 0.29) is 28.6 Å². The number of thiophene rings is 1. The SMILES string of the molecule is CC1CCN(C(=O)c2csc(S(N)(=O)=O)c2)C(CN)C1.Cl. The van der Waals surface area contributed by atoms with Crippen LogP contribution in [0.15, 0.2) is 15.7 Å². The zero-order chi connectivity index (χ0) is 14.9. The van der Waals surface area contributed by atoms with Gasteiger partial charge in [-0.15, -0.1) is 23.7 Å². The summed E-state index contributed by atoms with van der Waals surface area (Å²) in [6.07, 6.45) is 1.82. The van der Waals surface area contributed by atoms with Crippen LogP contribution >= 0.6 is 23.7 Å². The molecule has 2 rings (SSSR count). The first kappa shape index (κ1) is 18.4. The molecule has 1 aliphatic rings. The quantitative estimate of drug-likeness (QED) is 0.845. The van der Waals surface area contributed by atoms with Crippen molar-refractivity contribution in [3.8, 4) is 0 Å². The fourth-order valence-corrected chi connectivity index (χ4v) is 4.07. The molecule has 1 aliphatic heterocycles. The lowest BCUT2D eigenvalue weighted by Gasteiger charge is -2.37. The standard InChI is InChI=1S/C12H19N3O3S2.ClH/c1-8-2-3-15(10(4-8)6-13)12(16)9-5-11(19-7-9)20(14,17)18;/h5,7-8,10H,2-4,6,13H2,1H3,(H2,14,17,18);1H. The van der Waals surface area contributed by atoms with Crippen LogP contribution in [0.4, 0.5) is 0 Å². The molecule has 9 heteroatoms. The van der Waals surface area contributed by atoms with Crippen molar-refractivity contribution >= 4 is 39.7 Å². The Morgan fingerprint density at radius 2 is 2.19 bits per heavy atom. The normalized spacial score (nSPS) is 22.7. The molecule has 1 aromatic heterocycles. The summed E-state index contributed by atoms with van der Waals surface area (Å²) in [5.41, 5.74) is 6.11. The van der Waals surface area contributed by atoms with Gasteiger partial charge in [0, 0.05) is 24.5 Å². The van der Waals surface area contributed by atoms with Gasteiger partial charge in [0.05, 0.1) is 5.56 Å². The molecule has 1 aromatic rings. The summed E-state index contributed by atoms with van der Waals surface area (Å²) in [4.78, 5) is 14.2. The Morgan fingerprint density at radius 1 is 1.52 bits per heavy atom. The van der Waals surface area contributed by atoms with Gasteiger partial charge in [-0.1, -0.05) is 6.92 Å². The molecule has 6 nitrogen and oxygen atoms in total. The van der Waals surface area contributed by atoms with Crippen molar-refractivity contribution in [2.75, 3.05) is 13.1 Å². The minimum atomic E-state index is -3.75. The number of sulfonamides is 1. The van der Waals surface area contributed by atoms with Crippen LogP contribution in [0.5, 0.6) is 0 Å². The minimum absolute atomic E-state index is 0. The average Bonchev–Trinajstić information content (AvgIpc) is 2.87. The van der Waals surface area contributed by atoms with E-state index in [1.807, 2.05) is 0 Å². The maximum atomic E-state index is 12.5. The number of primary sulfonamides is 1. The third kappa shape index (κ3) is 4.17. The fraction of sp³-hybridized carbons (Fsp3) is 0.583. The van der Waals surface area contributed by atoms with Gasteiger partial charge in [-0.25, -0.2) is 13.6 Å². The highest BCUT2D eigenvalue weighted by Gasteiger charge is 2.30. The number of amides is 1. The van der Waals surface area contributed by atoms with Gasteiger partial charge in [-0.2, -0.15) is 0 Å². The van der Waals surface area contributed by atoms with Crippen molar-refractivity contribution in [1.82, 2.24) is 4.90 Å². The lowest BCUT2D eigenvalue weighted by molar-refractivity contribution is 0.0574. The Bertz CT molecular complexity index is 603. The van der Waals surface area contributed by atoms with Crippen LogP contribution in [0.1, 0.15) is 30.1 Å². The maximum Gasteiger partial charge on any atom is 0.255 e. The molecular weight excluding hydrogens is 334 g/mol. The monoisotopic (exact) mass is 353 g/mol. The third-order valence-corrected chi connectivity index (χ3v) is 6.00. The van der Waals surface area contributed by atoms with E-state index in [2.05, 4.69) is 6.92 Å². The number of carbonyl (C=O) groups is 1. The van der Waals surface area contributed by atoms with Gasteiger partial charge in [0.1, 0.15) is 4.21 Å². The van der Waals surface area contributed by atoms with E-state index in [1.54, 1.807) is 4.90 Å². The molecule has 4 N–H and O–H groups in total. The smallest absolute Gasteiger partial charge is 0.255 e. The van der Waals surface area contributed by atoms with E-state index in [4.69, 9.17) is 10.9 Å². The summed E-state index contributed by atoms with van der Waals surface area (Å²) >= 11 is 0.966. The molecule has 1 saturated heterocycles. The molecule has 2 heterocycles. The summed E-state index contributed by atoms with van der Waals surface area (Å²) in [5, 5.41) is 6.59. The highest BCUT2D eigenvalue weighted by molar-refractivity contribution is 7.91. The number of likely N-dealkylation sites (tertiary alicyclic amines) is 1. The number of piperidine rings is 1. The fourth-order valence-electron chi connectivity index (χ4n) is 2.49. The van der Waals surface area contributed by atoms with Crippen LogP contribution in [0.25, 0.3) is 0 Å². The van der Waals surface area contributed by atoms with Crippen LogP contribution in [0.3, 0.4) is 0 Å². The summed E-state index contributed by atoms with van der Waals surface area (Å²) in [7, 11) is -3.75. The minimum Gasteiger partial charge on any atom is -0.334 e. The van der Waals surface area contributed by atoms with E-state index >= 15 is 0 Å². The van der Waals surface area contributed by atoms with Crippen molar-refractivity contribution in [2.24, 2.45) is 16.8 Å². The van der Waals surface area contributed by atoms with E-state index < -0.39 is 10.0 Å². The number of carbonyl (C=O) groups excluding carboxylic acids is 1. The molecule has 0 saturated carbocycles. The summed E-state index contributed by atoms with van der Waals surface area (Å²) < 4.78 is 22.5. The number of halogens is 1. The number of hydrogen-bond donors (Lipinski definition) is 2. The number of rotatable bonds is 3. The Morgan fingerprint density at radius 3 is 2.71 bits per heavy atom. The molecular formula is C12H20ClN3O3S2. The zero-order valence-corrected chi connectivity index (χ0v) is 14.1. The third-order valence-electron chi connectivity index (χ3n) is 3.61. The second-order valence-electron chi connectivity index (χ2n) is 5.22. The van der Waals surface area contributed by atoms with Gasteiger partial charge in [0.2, 0.25) is 10.0 Å². The first-order valence-electron chi connectivity index (χ1n) is 6.45.